The van der Waals surface area contributed by atoms with E-state index in [0.29, 0.717) is 25.8 Å². The Morgan fingerprint density at radius 3 is 2.73 bits per heavy atom. The number of piperidine rings is 1. The third kappa shape index (κ3) is 8.97. The largest absolute Gasteiger partial charge is 0.469 e. The van der Waals surface area contributed by atoms with Crippen molar-refractivity contribution >= 4 is 17.7 Å². The van der Waals surface area contributed by atoms with Crippen LogP contribution in [0.1, 0.15) is 71.1 Å². The molecule has 0 aromatic heterocycles. The molecule has 1 unspecified atom stereocenters. The van der Waals surface area contributed by atoms with E-state index in [1.807, 2.05) is 23.1 Å². The highest BCUT2D eigenvalue weighted by Crippen LogP contribution is 2.19. The van der Waals surface area contributed by atoms with Crippen LogP contribution in [0.15, 0.2) is 24.3 Å². The van der Waals surface area contributed by atoms with Gasteiger partial charge in [-0.15, -0.1) is 0 Å². The van der Waals surface area contributed by atoms with Crippen LogP contribution in [0.3, 0.4) is 0 Å². The second kappa shape index (κ2) is 13.3. The second-order valence-corrected chi connectivity index (χ2v) is 6.73. The van der Waals surface area contributed by atoms with Crippen LogP contribution in [0.4, 0.5) is 0 Å². The highest BCUT2D eigenvalue weighted by atomic mass is 16.5. The molecular formula is C21H33NO4. The second-order valence-electron chi connectivity index (χ2n) is 6.73. The Morgan fingerprint density at radius 1 is 1.19 bits per heavy atom. The number of likely N-dealkylation sites (tertiary alicyclic amines) is 1. The summed E-state index contributed by atoms with van der Waals surface area (Å²) in [6, 6.07) is 0.00564. The molecule has 0 spiro atoms. The monoisotopic (exact) mass is 363 g/mol. The van der Waals surface area contributed by atoms with Gasteiger partial charge in [0, 0.05) is 25.8 Å². The number of methoxy groups -OCH3 is 1. The average Bonchev–Trinajstić information content (AvgIpc) is 2.64. The lowest BCUT2D eigenvalue weighted by Gasteiger charge is -2.33. The fourth-order valence-corrected chi connectivity index (χ4v) is 3.01. The molecule has 0 saturated carbocycles. The van der Waals surface area contributed by atoms with Crippen molar-refractivity contribution in [3.05, 3.63) is 24.3 Å². The van der Waals surface area contributed by atoms with Crippen molar-refractivity contribution in [3.8, 4) is 0 Å². The van der Waals surface area contributed by atoms with Gasteiger partial charge in [-0.3, -0.25) is 14.4 Å². The molecule has 26 heavy (non-hydrogen) atoms. The van der Waals surface area contributed by atoms with Crippen molar-refractivity contribution in [2.24, 2.45) is 0 Å². The van der Waals surface area contributed by atoms with Crippen molar-refractivity contribution in [3.63, 3.8) is 0 Å². The molecule has 0 aromatic carbocycles. The van der Waals surface area contributed by atoms with E-state index in [4.69, 9.17) is 0 Å². The predicted octanol–water partition coefficient (Wildman–Crippen LogP) is 3.97. The van der Waals surface area contributed by atoms with Gasteiger partial charge in [0.2, 0.25) is 5.91 Å². The Balaban J connectivity index is 2.44. The minimum atomic E-state index is -0.196. The summed E-state index contributed by atoms with van der Waals surface area (Å²) in [6.07, 6.45) is 15.5. The molecule has 1 rings (SSSR count). The van der Waals surface area contributed by atoms with E-state index in [1.54, 1.807) is 6.08 Å². The van der Waals surface area contributed by atoms with Crippen molar-refractivity contribution in [1.82, 2.24) is 4.90 Å². The van der Waals surface area contributed by atoms with Gasteiger partial charge in [0.1, 0.15) is 0 Å². The summed E-state index contributed by atoms with van der Waals surface area (Å²) in [7, 11) is 1.39. The first-order valence-corrected chi connectivity index (χ1v) is 9.80. The van der Waals surface area contributed by atoms with Crippen molar-refractivity contribution in [1.29, 1.82) is 0 Å². The first kappa shape index (κ1) is 22.1. The highest BCUT2D eigenvalue weighted by Gasteiger charge is 2.25. The number of esters is 1. The minimum Gasteiger partial charge on any atom is -0.469 e. The van der Waals surface area contributed by atoms with E-state index in [1.165, 1.54) is 7.11 Å². The summed E-state index contributed by atoms with van der Waals surface area (Å²) in [5.41, 5.74) is 0. The zero-order valence-corrected chi connectivity index (χ0v) is 16.2. The predicted molar refractivity (Wildman–Crippen MR) is 103 cm³/mol. The summed E-state index contributed by atoms with van der Waals surface area (Å²) >= 11 is 0. The first-order chi connectivity index (χ1) is 12.6. The molecule has 146 valence electrons. The third-order valence-corrected chi connectivity index (χ3v) is 4.59. The van der Waals surface area contributed by atoms with E-state index >= 15 is 0 Å². The van der Waals surface area contributed by atoms with Gasteiger partial charge in [0.05, 0.1) is 13.2 Å². The molecule has 1 saturated heterocycles. The van der Waals surface area contributed by atoms with E-state index in [0.717, 1.165) is 44.9 Å². The highest BCUT2D eigenvalue weighted by molar-refractivity contribution is 5.89. The number of hydrogen-bond donors (Lipinski definition) is 0. The number of unbranched alkanes of at least 4 members (excludes halogenated alkanes) is 3. The molecule has 0 bridgehead atoms. The number of rotatable bonds is 12. The Morgan fingerprint density at radius 2 is 2.00 bits per heavy atom. The van der Waals surface area contributed by atoms with Crippen LogP contribution in [-0.2, 0) is 19.1 Å². The van der Waals surface area contributed by atoms with Crippen LogP contribution < -0.4 is 0 Å². The molecule has 0 N–H and O–H groups in total. The molecule has 0 aromatic rings. The summed E-state index contributed by atoms with van der Waals surface area (Å²) in [4.78, 5) is 37.0. The Kier molecular flexibility index (Phi) is 11.3. The van der Waals surface area contributed by atoms with Crippen molar-refractivity contribution in [2.45, 2.75) is 77.2 Å². The van der Waals surface area contributed by atoms with Crippen LogP contribution >= 0.6 is 0 Å². The lowest BCUT2D eigenvalue weighted by atomic mass is 10.00. The van der Waals surface area contributed by atoms with E-state index in [9.17, 15) is 14.4 Å². The first-order valence-electron chi connectivity index (χ1n) is 9.80. The standard InChI is InChI=1S/C21H33NO4/c1-3-4-7-12-19(23)16-15-18-11-10-13-20(24)22(18)17-9-6-5-8-14-21(25)26-2/h6,9,15-16,18H,3-5,7-8,10-14,17H2,1-2H3. The zero-order chi connectivity index (χ0) is 19.2. The van der Waals surface area contributed by atoms with Crippen LogP contribution in [0.25, 0.3) is 0 Å². The molecule has 5 nitrogen and oxygen atoms in total. The molecule has 1 atom stereocenters. The van der Waals surface area contributed by atoms with Crippen LogP contribution in [0.5, 0.6) is 0 Å². The molecule has 1 fully saturated rings. The molecule has 1 aliphatic heterocycles. The maximum Gasteiger partial charge on any atom is 0.305 e. The normalized spacial score (nSPS) is 18.0. The minimum absolute atomic E-state index is 0.00564. The summed E-state index contributed by atoms with van der Waals surface area (Å²) in [5.74, 6) is 0.0942. The lowest BCUT2D eigenvalue weighted by Crippen LogP contribution is -2.42. The fraction of sp³-hybridized carbons (Fsp3) is 0.667. The van der Waals surface area contributed by atoms with E-state index in [-0.39, 0.29) is 23.7 Å². The van der Waals surface area contributed by atoms with Crippen LogP contribution in [-0.4, -0.2) is 42.3 Å². The molecule has 0 aliphatic carbocycles. The number of ether oxygens (including phenoxy) is 1. The Labute approximate surface area is 157 Å². The van der Waals surface area contributed by atoms with Gasteiger partial charge in [0.25, 0.3) is 0 Å². The van der Waals surface area contributed by atoms with Gasteiger partial charge >= 0.3 is 5.97 Å². The molecule has 1 aliphatic rings. The molecular weight excluding hydrogens is 330 g/mol. The number of hydrogen-bond acceptors (Lipinski definition) is 4. The maximum atomic E-state index is 12.2. The van der Waals surface area contributed by atoms with Gasteiger partial charge in [-0.25, -0.2) is 0 Å². The summed E-state index contributed by atoms with van der Waals surface area (Å²) in [5, 5.41) is 0. The van der Waals surface area contributed by atoms with Crippen molar-refractivity contribution < 1.29 is 19.1 Å². The van der Waals surface area contributed by atoms with Crippen molar-refractivity contribution in [2.75, 3.05) is 13.7 Å². The number of ketones is 1. The fourth-order valence-electron chi connectivity index (χ4n) is 3.01. The zero-order valence-electron chi connectivity index (χ0n) is 16.2. The van der Waals surface area contributed by atoms with Crippen LogP contribution in [0.2, 0.25) is 0 Å². The van der Waals surface area contributed by atoms with Gasteiger partial charge in [-0.05, 0) is 38.2 Å². The van der Waals surface area contributed by atoms with E-state index in [2.05, 4.69) is 11.7 Å². The Bertz CT molecular complexity index is 510. The summed E-state index contributed by atoms with van der Waals surface area (Å²) < 4.78 is 4.61. The van der Waals surface area contributed by atoms with E-state index < -0.39 is 0 Å². The summed E-state index contributed by atoms with van der Waals surface area (Å²) in [6.45, 7) is 2.67. The van der Waals surface area contributed by atoms with Gasteiger partial charge in [-0.1, -0.05) is 38.0 Å². The average molecular weight is 363 g/mol. The maximum absolute atomic E-state index is 12.2. The van der Waals surface area contributed by atoms with Gasteiger partial charge < -0.3 is 9.64 Å². The topological polar surface area (TPSA) is 63.7 Å². The van der Waals surface area contributed by atoms with Gasteiger partial charge in [0.15, 0.2) is 5.78 Å². The van der Waals surface area contributed by atoms with Crippen LogP contribution in [0, 0.1) is 0 Å². The molecule has 1 heterocycles. The third-order valence-electron chi connectivity index (χ3n) is 4.59. The SMILES string of the molecule is CCCCCC(=O)C=CC1CCCC(=O)N1CC=CCCCC(=O)OC. The molecule has 0 radical (unpaired) electrons. The van der Waals surface area contributed by atoms with Gasteiger partial charge in [-0.2, -0.15) is 0 Å². The number of allylic oxidation sites excluding steroid dienone is 2. The molecule has 5 heteroatoms. The number of nitrogens with zero attached hydrogens (tertiary/aromatic N) is 1. The molecule has 1 amide bonds. The number of carbonyl (C=O) groups is 3. The number of amides is 1. The lowest BCUT2D eigenvalue weighted by molar-refractivity contribution is -0.140. The Hall–Kier alpha value is -1.91. The quantitative estimate of drug-likeness (QED) is 0.228. The number of carbonyl (C=O) groups excluding carboxylic acids is 3. The smallest absolute Gasteiger partial charge is 0.305 e.